The van der Waals surface area contributed by atoms with Gasteiger partial charge in [0.15, 0.2) is 0 Å². The molecule has 19 heavy (non-hydrogen) atoms. The fourth-order valence-corrected chi connectivity index (χ4v) is 2.35. The summed E-state index contributed by atoms with van der Waals surface area (Å²) in [5.41, 5.74) is 10.4. The smallest absolute Gasteiger partial charge is 0.0994 e. The van der Waals surface area contributed by atoms with Crippen molar-refractivity contribution in [2.75, 3.05) is 0 Å². The zero-order valence-corrected chi connectivity index (χ0v) is 11.1. The van der Waals surface area contributed by atoms with Gasteiger partial charge in [-0.2, -0.15) is 5.26 Å². The first-order valence-electron chi connectivity index (χ1n) is 6.57. The summed E-state index contributed by atoms with van der Waals surface area (Å²) in [7, 11) is 0. The highest BCUT2D eigenvalue weighted by Crippen LogP contribution is 2.22. The molecule has 0 fully saturated rings. The molecule has 1 atom stereocenters. The molecule has 0 saturated heterocycles. The number of nitrogens with zero attached hydrogens (tertiary/aromatic N) is 1. The number of nitrogens with two attached hydrogens (primary N) is 1. The zero-order chi connectivity index (χ0) is 13.7. The molecule has 0 heterocycles. The Morgan fingerprint density at radius 2 is 1.84 bits per heavy atom. The van der Waals surface area contributed by atoms with Gasteiger partial charge in [0.25, 0.3) is 0 Å². The molecule has 96 valence electrons. The normalized spacial score (nSPS) is 11.8. The minimum absolute atomic E-state index is 0.0685. The van der Waals surface area contributed by atoms with Crippen molar-refractivity contribution in [3.63, 3.8) is 0 Å². The van der Waals surface area contributed by atoms with Crippen molar-refractivity contribution < 1.29 is 0 Å². The summed E-state index contributed by atoms with van der Waals surface area (Å²) in [6, 6.07) is 18.1. The molecule has 0 aliphatic heterocycles. The molecule has 2 aromatic carbocycles. The van der Waals surface area contributed by atoms with Gasteiger partial charge >= 0.3 is 0 Å². The topological polar surface area (TPSA) is 49.8 Å². The predicted octanol–water partition coefficient (Wildman–Crippen LogP) is 3.36. The Morgan fingerprint density at radius 3 is 2.47 bits per heavy atom. The molecular weight excluding hydrogens is 232 g/mol. The van der Waals surface area contributed by atoms with E-state index in [1.54, 1.807) is 0 Å². The molecule has 0 saturated carbocycles. The van der Waals surface area contributed by atoms with E-state index in [1.807, 2.05) is 42.5 Å². The Labute approximate surface area is 114 Å². The second kappa shape index (κ2) is 6.17. The van der Waals surface area contributed by atoms with E-state index in [1.165, 1.54) is 5.56 Å². The molecule has 2 N–H and O–H groups in total. The quantitative estimate of drug-likeness (QED) is 0.904. The SMILES string of the molecule is CCc1cccc(C#N)c1CC(N)c1ccccc1. The van der Waals surface area contributed by atoms with Crippen LogP contribution in [0.4, 0.5) is 0 Å². The van der Waals surface area contributed by atoms with Crippen LogP contribution in [0.2, 0.25) is 0 Å². The molecule has 2 heteroatoms. The van der Waals surface area contributed by atoms with Gasteiger partial charge in [-0.05, 0) is 35.6 Å². The maximum atomic E-state index is 9.23. The highest BCUT2D eigenvalue weighted by atomic mass is 14.6. The molecule has 2 aromatic rings. The highest BCUT2D eigenvalue weighted by molar-refractivity contribution is 5.44. The predicted molar refractivity (Wildman–Crippen MR) is 77.6 cm³/mol. The van der Waals surface area contributed by atoms with Gasteiger partial charge in [0, 0.05) is 6.04 Å². The third-order valence-corrected chi connectivity index (χ3v) is 3.43. The summed E-state index contributed by atoms with van der Waals surface area (Å²) in [6.45, 7) is 2.11. The Balaban J connectivity index is 2.31. The van der Waals surface area contributed by atoms with Gasteiger partial charge in [-0.3, -0.25) is 0 Å². The van der Waals surface area contributed by atoms with Crippen LogP contribution in [-0.4, -0.2) is 0 Å². The summed E-state index contributed by atoms with van der Waals surface area (Å²) in [5, 5.41) is 9.23. The lowest BCUT2D eigenvalue weighted by Gasteiger charge is -2.16. The monoisotopic (exact) mass is 250 g/mol. The van der Waals surface area contributed by atoms with Crippen molar-refractivity contribution in [1.82, 2.24) is 0 Å². The van der Waals surface area contributed by atoms with Crippen LogP contribution in [0.1, 0.15) is 35.2 Å². The Morgan fingerprint density at radius 1 is 1.11 bits per heavy atom. The molecule has 0 aromatic heterocycles. The van der Waals surface area contributed by atoms with E-state index >= 15 is 0 Å². The first-order chi connectivity index (χ1) is 9.26. The third-order valence-electron chi connectivity index (χ3n) is 3.43. The van der Waals surface area contributed by atoms with E-state index in [-0.39, 0.29) is 6.04 Å². The van der Waals surface area contributed by atoms with Crippen molar-refractivity contribution in [3.8, 4) is 6.07 Å². The second-order valence-electron chi connectivity index (χ2n) is 4.63. The van der Waals surface area contributed by atoms with Crippen molar-refractivity contribution >= 4 is 0 Å². The van der Waals surface area contributed by atoms with Crippen LogP contribution >= 0.6 is 0 Å². The van der Waals surface area contributed by atoms with Crippen LogP contribution in [-0.2, 0) is 12.8 Å². The molecule has 2 nitrogen and oxygen atoms in total. The maximum absolute atomic E-state index is 9.23. The van der Waals surface area contributed by atoms with Gasteiger partial charge in [-0.1, -0.05) is 49.4 Å². The third kappa shape index (κ3) is 3.01. The summed E-state index contributed by atoms with van der Waals surface area (Å²) in [6.07, 6.45) is 1.63. The summed E-state index contributed by atoms with van der Waals surface area (Å²) < 4.78 is 0. The van der Waals surface area contributed by atoms with Crippen LogP contribution in [0.3, 0.4) is 0 Å². The number of rotatable bonds is 4. The molecule has 0 aliphatic rings. The molecule has 1 unspecified atom stereocenters. The van der Waals surface area contributed by atoms with E-state index in [0.717, 1.165) is 23.1 Å². The standard InChI is InChI=1S/C17H18N2/c1-2-13-9-6-10-15(12-18)16(13)11-17(19)14-7-4-3-5-8-14/h3-10,17H,2,11,19H2,1H3. The molecule has 2 rings (SSSR count). The number of hydrogen-bond donors (Lipinski definition) is 1. The number of benzene rings is 2. The first-order valence-corrected chi connectivity index (χ1v) is 6.57. The van der Waals surface area contributed by atoms with Crippen LogP contribution in [0.15, 0.2) is 48.5 Å². The number of aryl methyl sites for hydroxylation is 1. The van der Waals surface area contributed by atoms with E-state index in [0.29, 0.717) is 6.42 Å². The van der Waals surface area contributed by atoms with Gasteiger partial charge in [-0.15, -0.1) is 0 Å². The molecule has 0 aliphatic carbocycles. The van der Waals surface area contributed by atoms with Gasteiger partial charge in [-0.25, -0.2) is 0 Å². The lowest BCUT2D eigenvalue weighted by molar-refractivity contribution is 0.715. The van der Waals surface area contributed by atoms with E-state index < -0.39 is 0 Å². The fraction of sp³-hybridized carbons (Fsp3) is 0.235. The maximum Gasteiger partial charge on any atom is 0.0994 e. The minimum Gasteiger partial charge on any atom is -0.324 e. The van der Waals surface area contributed by atoms with Crippen molar-refractivity contribution in [3.05, 3.63) is 70.8 Å². The lowest BCUT2D eigenvalue weighted by atomic mass is 9.92. The van der Waals surface area contributed by atoms with Crippen LogP contribution < -0.4 is 5.73 Å². The average Bonchev–Trinajstić information content (AvgIpc) is 2.48. The van der Waals surface area contributed by atoms with Crippen LogP contribution in [0, 0.1) is 11.3 Å². The largest absolute Gasteiger partial charge is 0.324 e. The highest BCUT2D eigenvalue weighted by Gasteiger charge is 2.12. The van der Waals surface area contributed by atoms with Gasteiger partial charge in [0.05, 0.1) is 11.6 Å². The van der Waals surface area contributed by atoms with E-state index in [2.05, 4.69) is 19.1 Å². The molecule has 0 radical (unpaired) electrons. The Hall–Kier alpha value is -2.11. The summed E-state index contributed by atoms with van der Waals surface area (Å²) >= 11 is 0. The lowest BCUT2D eigenvalue weighted by Crippen LogP contribution is -2.15. The summed E-state index contributed by atoms with van der Waals surface area (Å²) in [4.78, 5) is 0. The number of hydrogen-bond acceptors (Lipinski definition) is 2. The van der Waals surface area contributed by atoms with Gasteiger partial charge < -0.3 is 5.73 Å². The Kier molecular flexibility index (Phi) is 4.33. The Bertz CT molecular complexity index is 582. The molecular formula is C17H18N2. The minimum atomic E-state index is -0.0685. The molecule has 0 amide bonds. The summed E-state index contributed by atoms with van der Waals surface area (Å²) in [5.74, 6) is 0. The van der Waals surface area contributed by atoms with E-state index in [4.69, 9.17) is 5.73 Å². The van der Waals surface area contributed by atoms with Gasteiger partial charge in [0.1, 0.15) is 0 Å². The zero-order valence-electron chi connectivity index (χ0n) is 11.1. The van der Waals surface area contributed by atoms with E-state index in [9.17, 15) is 5.26 Å². The van der Waals surface area contributed by atoms with Gasteiger partial charge in [0.2, 0.25) is 0 Å². The molecule has 0 bridgehead atoms. The van der Waals surface area contributed by atoms with Crippen LogP contribution in [0.25, 0.3) is 0 Å². The van der Waals surface area contributed by atoms with Crippen molar-refractivity contribution in [2.24, 2.45) is 5.73 Å². The first kappa shape index (κ1) is 13.3. The fourth-order valence-electron chi connectivity index (χ4n) is 2.35. The van der Waals surface area contributed by atoms with Crippen molar-refractivity contribution in [1.29, 1.82) is 5.26 Å². The number of nitriles is 1. The average molecular weight is 250 g/mol. The van der Waals surface area contributed by atoms with Crippen molar-refractivity contribution in [2.45, 2.75) is 25.8 Å². The second-order valence-corrected chi connectivity index (χ2v) is 4.63. The molecule has 0 spiro atoms. The van der Waals surface area contributed by atoms with Crippen LogP contribution in [0.5, 0.6) is 0 Å².